The molecule has 180 valence electrons. The summed E-state index contributed by atoms with van der Waals surface area (Å²) in [4.78, 5) is 29.6. The predicted molar refractivity (Wildman–Crippen MR) is 131 cm³/mol. The van der Waals surface area contributed by atoms with Gasteiger partial charge in [-0.1, -0.05) is 30.3 Å². The maximum atomic E-state index is 12.8. The Balaban J connectivity index is 0.982. The van der Waals surface area contributed by atoms with Crippen LogP contribution in [0.25, 0.3) is 10.8 Å². The third-order valence-electron chi connectivity index (χ3n) is 9.15. The monoisotopic (exact) mass is 461 g/mol. The van der Waals surface area contributed by atoms with E-state index in [1.165, 1.54) is 32.1 Å². The zero-order chi connectivity index (χ0) is 23.3. The van der Waals surface area contributed by atoms with Crippen LogP contribution >= 0.6 is 0 Å². The summed E-state index contributed by atoms with van der Waals surface area (Å²) in [6.07, 6.45) is 7.05. The van der Waals surface area contributed by atoms with Crippen LogP contribution in [0.2, 0.25) is 0 Å². The van der Waals surface area contributed by atoms with Gasteiger partial charge in [0.05, 0.1) is 6.54 Å². The molecule has 0 aromatic heterocycles. The van der Waals surface area contributed by atoms with E-state index in [4.69, 9.17) is 0 Å². The number of amides is 2. The van der Waals surface area contributed by atoms with Gasteiger partial charge in [-0.05, 0) is 72.1 Å². The highest BCUT2D eigenvalue weighted by atomic mass is 16.3. The Labute approximate surface area is 201 Å². The van der Waals surface area contributed by atoms with Crippen LogP contribution in [0.5, 0.6) is 5.75 Å². The number of rotatable bonds is 6. The van der Waals surface area contributed by atoms with E-state index in [-0.39, 0.29) is 23.8 Å². The van der Waals surface area contributed by atoms with Crippen LogP contribution < -0.4 is 5.32 Å². The highest BCUT2D eigenvalue weighted by molar-refractivity contribution is 5.87. The highest BCUT2D eigenvalue weighted by Gasteiger charge is 2.56. The number of aromatic hydroxyl groups is 1. The van der Waals surface area contributed by atoms with Gasteiger partial charge in [-0.2, -0.15) is 0 Å². The Morgan fingerprint density at radius 1 is 0.971 bits per heavy atom. The molecule has 2 aromatic rings. The zero-order valence-electron chi connectivity index (χ0n) is 19.8. The number of carbonyl (C=O) groups is 2. The minimum Gasteiger partial charge on any atom is -0.508 e. The van der Waals surface area contributed by atoms with E-state index in [1.807, 2.05) is 23.1 Å². The first-order valence-electron chi connectivity index (χ1n) is 12.9. The molecule has 2 atom stereocenters. The molecule has 4 saturated carbocycles. The van der Waals surface area contributed by atoms with Gasteiger partial charge in [0.25, 0.3) is 0 Å². The van der Waals surface area contributed by atoms with Crippen molar-refractivity contribution in [1.29, 1.82) is 0 Å². The molecule has 4 bridgehead atoms. The number of phenols is 1. The quantitative estimate of drug-likeness (QED) is 0.691. The molecular formula is C28H35N3O3. The Kier molecular flexibility index (Phi) is 5.51. The van der Waals surface area contributed by atoms with E-state index < -0.39 is 0 Å². The van der Waals surface area contributed by atoms with E-state index in [2.05, 4.69) is 22.3 Å². The molecule has 6 heteroatoms. The van der Waals surface area contributed by atoms with Crippen molar-refractivity contribution >= 4 is 22.6 Å². The molecule has 2 aromatic carbocycles. The lowest BCUT2D eigenvalue weighted by atomic mass is 9.67. The summed E-state index contributed by atoms with van der Waals surface area (Å²) in [5, 5.41) is 15.6. The third kappa shape index (κ3) is 4.06. The molecule has 2 unspecified atom stereocenters. The first kappa shape index (κ1) is 21.9. The van der Waals surface area contributed by atoms with Crippen molar-refractivity contribution in [2.75, 3.05) is 32.7 Å². The minimum absolute atomic E-state index is 0.00861. The molecule has 1 saturated heterocycles. The van der Waals surface area contributed by atoms with Gasteiger partial charge >= 0.3 is 0 Å². The van der Waals surface area contributed by atoms with Gasteiger partial charge in [0.2, 0.25) is 11.8 Å². The van der Waals surface area contributed by atoms with Gasteiger partial charge in [0.1, 0.15) is 5.75 Å². The summed E-state index contributed by atoms with van der Waals surface area (Å²) in [5.74, 6) is 2.96. The molecular weight excluding hydrogens is 426 g/mol. The summed E-state index contributed by atoms with van der Waals surface area (Å²) in [5.41, 5.74) is 1.17. The van der Waals surface area contributed by atoms with Crippen molar-refractivity contribution in [3.8, 4) is 5.75 Å². The molecule has 1 heterocycles. The third-order valence-corrected chi connectivity index (χ3v) is 9.15. The second kappa shape index (κ2) is 8.56. The van der Waals surface area contributed by atoms with Crippen molar-refractivity contribution in [2.24, 2.45) is 23.2 Å². The summed E-state index contributed by atoms with van der Waals surface area (Å²) in [6, 6.07) is 11.8. The summed E-state index contributed by atoms with van der Waals surface area (Å²) >= 11 is 0. The molecule has 6 nitrogen and oxygen atoms in total. The number of benzene rings is 2. The number of carbonyl (C=O) groups excluding carboxylic acids is 2. The van der Waals surface area contributed by atoms with E-state index in [1.54, 1.807) is 6.07 Å². The lowest BCUT2D eigenvalue weighted by Crippen LogP contribution is -2.51. The van der Waals surface area contributed by atoms with Crippen molar-refractivity contribution in [2.45, 2.75) is 45.1 Å². The maximum absolute atomic E-state index is 12.8. The molecule has 4 aliphatic carbocycles. The summed E-state index contributed by atoms with van der Waals surface area (Å²) in [7, 11) is 0. The normalized spacial score (nSPS) is 30.2. The van der Waals surface area contributed by atoms with Gasteiger partial charge in [-0.3, -0.25) is 14.5 Å². The van der Waals surface area contributed by atoms with Crippen molar-refractivity contribution in [3.05, 3.63) is 42.0 Å². The number of nitrogens with zero attached hydrogens (tertiary/aromatic N) is 2. The van der Waals surface area contributed by atoms with Gasteiger partial charge < -0.3 is 15.3 Å². The van der Waals surface area contributed by atoms with Gasteiger partial charge in [0.15, 0.2) is 0 Å². The van der Waals surface area contributed by atoms with Gasteiger partial charge in [-0.25, -0.2) is 0 Å². The molecule has 5 aliphatic rings. The first-order valence-corrected chi connectivity index (χ1v) is 12.9. The van der Waals surface area contributed by atoms with Crippen LogP contribution in [0, 0.1) is 23.2 Å². The number of hydrogen-bond donors (Lipinski definition) is 2. The van der Waals surface area contributed by atoms with Crippen LogP contribution in [0.15, 0.2) is 36.4 Å². The summed E-state index contributed by atoms with van der Waals surface area (Å²) < 4.78 is 0. The van der Waals surface area contributed by atoms with E-state index in [9.17, 15) is 14.7 Å². The maximum Gasteiger partial charge on any atom is 0.242 e. The van der Waals surface area contributed by atoms with Gasteiger partial charge in [0, 0.05) is 44.7 Å². The SMILES string of the molecule is O=C(CC12CC3CC(C1)C(C3)C2)NCC(=O)N1CCN(Cc2c(O)ccc3ccccc23)CC1. The van der Waals surface area contributed by atoms with Crippen molar-refractivity contribution in [3.63, 3.8) is 0 Å². The first-order chi connectivity index (χ1) is 16.5. The number of piperazine rings is 1. The van der Waals surface area contributed by atoms with Crippen LogP contribution in [0.4, 0.5) is 0 Å². The predicted octanol–water partition coefficient (Wildman–Crippen LogP) is 3.52. The Bertz CT molecular complexity index is 1090. The topological polar surface area (TPSA) is 72.9 Å². The largest absolute Gasteiger partial charge is 0.508 e. The van der Waals surface area contributed by atoms with E-state index in [0.717, 1.165) is 47.2 Å². The van der Waals surface area contributed by atoms with Crippen LogP contribution in [0.1, 0.15) is 44.1 Å². The fourth-order valence-electron chi connectivity index (χ4n) is 7.75. The lowest BCUT2D eigenvalue weighted by Gasteiger charge is -2.38. The Morgan fingerprint density at radius 2 is 1.71 bits per heavy atom. The van der Waals surface area contributed by atoms with E-state index >= 15 is 0 Å². The molecule has 5 fully saturated rings. The Morgan fingerprint density at radius 3 is 2.44 bits per heavy atom. The van der Waals surface area contributed by atoms with Crippen LogP contribution in [-0.2, 0) is 16.1 Å². The van der Waals surface area contributed by atoms with E-state index in [0.29, 0.717) is 31.8 Å². The molecule has 0 spiro atoms. The average molecular weight is 462 g/mol. The number of fused-ring (bicyclic) bond motifs is 1. The Hall–Kier alpha value is -2.60. The molecule has 2 amide bonds. The molecule has 2 N–H and O–H groups in total. The molecule has 0 radical (unpaired) electrons. The van der Waals surface area contributed by atoms with Crippen molar-refractivity contribution < 1.29 is 14.7 Å². The fraction of sp³-hybridized carbons (Fsp3) is 0.571. The molecule has 34 heavy (non-hydrogen) atoms. The highest BCUT2D eigenvalue weighted by Crippen LogP contribution is 2.65. The second-order valence-corrected chi connectivity index (χ2v) is 11.4. The van der Waals surface area contributed by atoms with Crippen LogP contribution in [-0.4, -0.2) is 59.4 Å². The second-order valence-electron chi connectivity index (χ2n) is 11.4. The van der Waals surface area contributed by atoms with Crippen LogP contribution in [0.3, 0.4) is 0 Å². The van der Waals surface area contributed by atoms with Crippen molar-refractivity contribution in [1.82, 2.24) is 15.1 Å². The number of nitrogens with one attached hydrogen (secondary N) is 1. The smallest absolute Gasteiger partial charge is 0.242 e. The summed E-state index contributed by atoms with van der Waals surface area (Å²) in [6.45, 7) is 3.59. The van der Waals surface area contributed by atoms with Gasteiger partial charge in [-0.15, -0.1) is 0 Å². The zero-order valence-corrected chi connectivity index (χ0v) is 19.8. The standard InChI is InChI=1S/C28H35N3O3/c32-25-6-5-20-3-1-2-4-23(20)24(25)18-30-7-9-31(10-8-30)27(34)17-29-26(33)16-28-13-19-11-21(14-28)22(12-19)15-28/h1-6,19,21-22,32H,7-18H2,(H,29,33). The molecule has 1 aliphatic heterocycles. The number of phenolic OH excluding ortho intramolecular Hbond substituents is 1. The number of hydrogen-bond acceptors (Lipinski definition) is 4. The minimum atomic E-state index is 0.00861. The fourth-order valence-corrected chi connectivity index (χ4v) is 7.75. The molecule has 7 rings (SSSR count). The average Bonchev–Trinajstić information content (AvgIpc) is 3.25. The lowest BCUT2D eigenvalue weighted by molar-refractivity contribution is -0.135.